The summed E-state index contributed by atoms with van der Waals surface area (Å²) in [6.07, 6.45) is 7.31. The summed E-state index contributed by atoms with van der Waals surface area (Å²) in [6, 6.07) is 8.86. The van der Waals surface area contributed by atoms with Gasteiger partial charge in [-0.2, -0.15) is 10.4 Å². The van der Waals surface area contributed by atoms with Gasteiger partial charge in [-0.1, -0.05) is 12.1 Å². The zero-order valence-electron chi connectivity index (χ0n) is 11.2. The highest BCUT2D eigenvalue weighted by Gasteiger charge is 2.14. The summed E-state index contributed by atoms with van der Waals surface area (Å²) in [5.41, 5.74) is 6.05. The molecule has 19 heavy (non-hydrogen) atoms. The monoisotopic (exact) mass is 251 g/mol. The van der Waals surface area contributed by atoms with Gasteiger partial charge in [0.1, 0.15) is 0 Å². The molecule has 2 aromatic rings. The molecule has 1 aromatic heterocycles. The van der Waals surface area contributed by atoms with E-state index in [0.29, 0.717) is 6.42 Å². The average Bonchev–Trinajstić information content (AvgIpc) is 2.80. The van der Waals surface area contributed by atoms with Gasteiger partial charge in [0.05, 0.1) is 18.2 Å². The van der Waals surface area contributed by atoms with Gasteiger partial charge in [-0.3, -0.25) is 4.68 Å². The second kappa shape index (κ2) is 4.89. The van der Waals surface area contributed by atoms with E-state index >= 15 is 0 Å². The molecular weight excluding hydrogens is 234 g/mol. The van der Waals surface area contributed by atoms with Crippen LogP contribution in [0.2, 0.25) is 0 Å². The van der Waals surface area contributed by atoms with Gasteiger partial charge in [-0.05, 0) is 42.9 Å². The third-order valence-corrected chi connectivity index (χ3v) is 3.80. The van der Waals surface area contributed by atoms with Crippen LogP contribution in [0.4, 0.5) is 0 Å². The van der Waals surface area contributed by atoms with Crippen LogP contribution in [0, 0.1) is 11.3 Å². The SMILES string of the molecule is Cn1cc(CC#N)c(-c2ccc3c(c2)CCCC3)n1. The number of fused-ring (bicyclic) bond motifs is 1. The van der Waals surface area contributed by atoms with Crippen LogP contribution in [-0.4, -0.2) is 9.78 Å². The van der Waals surface area contributed by atoms with Crippen LogP contribution in [0.15, 0.2) is 24.4 Å². The summed E-state index contributed by atoms with van der Waals surface area (Å²) in [4.78, 5) is 0. The summed E-state index contributed by atoms with van der Waals surface area (Å²) in [5.74, 6) is 0. The van der Waals surface area contributed by atoms with Gasteiger partial charge in [-0.25, -0.2) is 0 Å². The predicted octanol–water partition coefficient (Wildman–Crippen LogP) is 3.03. The molecule has 0 N–H and O–H groups in total. The first kappa shape index (κ1) is 12.0. The summed E-state index contributed by atoms with van der Waals surface area (Å²) >= 11 is 0. The molecule has 0 saturated heterocycles. The Morgan fingerprint density at radius 1 is 1.26 bits per heavy atom. The van der Waals surface area contributed by atoms with Crippen LogP contribution in [0.1, 0.15) is 29.5 Å². The summed E-state index contributed by atoms with van der Waals surface area (Å²) in [5, 5.41) is 13.4. The van der Waals surface area contributed by atoms with Gasteiger partial charge >= 0.3 is 0 Å². The Bertz CT molecular complexity index is 646. The smallest absolute Gasteiger partial charge is 0.0965 e. The first-order chi connectivity index (χ1) is 9.28. The molecule has 0 unspecified atom stereocenters. The highest BCUT2D eigenvalue weighted by Crippen LogP contribution is 2.28. The molecule has 1 aromatic carbocycles. The van der Waals surface area contributed by atoms with Crippen molar-refractivity contribution in [2.24, 2.45) is 7.05 Å². The van der Waals surface area contributed by atoms with E-state index in [1.807, 2.05) is 13.2 Å². The molecule has 1 heterocycles. The van der Waals surface area contributed by atoms with Gasteiger partial charge in [0, 0.05) is 24.4 Å². The number of aromatic nitrogens is 2. The largest absolute Gasteiger partial charge is 0.275 e. The first-order valence-corrected chi connectivity index (χ1v) is 6.79. The Kier molecular flexibility index (Phi) is 3.08. The van der Waals surface area contributed by atoms with Crippen molar-refractivity contribution in [3.8, 4) is 17.3 Å². The van der Waals surface area contributed by atoms with Crippen molar-refractivity contribution in [2.75, 3.05) is 0 Å². The van der Waals surface area contributed by atoms with Crippen molar-refractivity contribution in [3.05, 3.63) is 41.1 Å². The van der Waals surface area contributed by atoms with Crippen LogP contribution in [0.5, 0.6) is 0 Å². The number of aryl methyl sites for hydroxylation is 3. The minimum Gasteiger partial charge on any atom is -0.275 e. The maximum Gasteiger partial charge on any atom is 0.0965 e. The summed E-state index contributed by atoms with van der Waals surface area (Å²) in [6.45, 7) is 0. The molecule has 0 aliphatic heterocycles. The number of rotatable bonds is 2. The molecule has 0 fully saturated rings. The van der Waals surface area contributed by atoms with Crippen molar-refractivity contribution in [2.45, 2.75) is 32.1 Å². The first-order valence-electron chi connectivity index (χ1n) is 6.79. The Labute approximate surface area is 113 Å². The minimum atomic E-state index is 0.417. The van der Waals surface area contributed by atoms with E-state index in [9.17, 15) is 0 Å². The summed E-state index contributed by atoms with van der Waals surface area (Å²) < 4.78 is 1.79. The highest BCUT2D eigenvalue weighted by molar-refractivity contribution is 5.65. The van der Waals surface area contributed by atoms with Gasteiger partial charge in [-0.15, -0.1) is 0 Å². The van der Waals surface area contributed by atoms with Gasteiger partial charge < -0.3 is 0 Å². The van der Waals surface area contributed by atoms with Crippen molar-refractivity contribution in [3.63, 3.8) is 0 Å². The fraction of sp³-hybridized carbons (Fsp3) is 0.375. The maximum atomic E-state index is 8.91. The van der Waals surface area contributed by atoms with E-state index in [1.165, 1.54) is 36.8 Å². The molecule has 3 heteroatoms. The fourth-order valence-electron chi connectivity index (χ4n) is 2.88. The third kappa shape index (κ3) is 2.26. The van der Waals surface area contributed by atoms with E-state index in [0.717, 1.165) is 16.8 Å². The molecule has 96 valence electrons. The van der Waals surface area contributed by atoms with Crippen LogP contribution in [-0.2, 0) is 26.3 Å². The number of hydrogen-bond donors (Lipinski definition) is 0. The van der Waals surface area contributed by atoms with Gasteiger partial charge in [0.15, 0.2) is 0 Å². The average molecular weight is 251 g/mol. The lowest BCUT2D eigenvalue weighted by atomic mass is 9.89. The standard InChI is InChI=1S/C16H17N3/c1-19-11-15(8-9-17)16(18-19)14-7-6-12-4-2-3-5-13(12)10-14/h6-7,10-11H,2-5,8H2,1H3. The van der Waals surface area contributed by atoms with E-state index in [1.54, 1.807) is 4.68 Å². The summed E-state index contributed by atoms with van der Waals surface area (Å²) in [7, 11) is 1.91. The Balaban J connectivity index is 2.04. The lowest BCUT2D eigenvalue weighted by molar-refractivity contribution is 0.686. The molecule has 0 amide bonds. The molecule has 1 aliphatic rings. The number of nitriles is 1. The minimum absolute atomic E-state index is 0.417. The van der Waals surface area contributed by atoms with E-state index in [-0.39, 0.29) is 0 Å². The Hall–Kier alpha value is -2.08. The lowest BCUT2D eigenvalue weighted by Crippen LogP contribution is -2.02. The molecular formula is C16H17N3. The van der Waals surface area contributed by atoms with E-state index < -0.39 is 0 Å². The van der Waals surface area contributed by atoms with Crippen molar-refractivity contribution in [1.82, 2.24) is 9.78 Å². The lowest BCUT2D eigenvalue weighted by Gasteiger charge is -2.16. The molecule has 0 saturated carbocycles. The second-order valence-electron chi connectivity index (χ2n) is 5.20. The van der Waals surface area contributed by atoms with Gasteiger partial charge in [0.25, 0.3) is 0 Å². The normalized spacial score (nSPS) is 13.9. The molecule has 0 atom stereocenters. The predicted molar refractivity (Wildman–Crippen MR) is 74.6 cm³/mol. The third-order valence-electron chi connectivity index (χ3n) is 3.80. The van der Waals surface area contributed by atoms with Crippen molar-refractivity contribution in [1.29, 1.82) is 5.26 Å². The van der Waals surface area contributed by atoms with Crippen LogP contribution in [0.25, 0.3) is 11.3 Å². The van der Waals surface area contributed by atoms with Crippen molar-refractivity contribution < 1.29 is 0 Å². The van der Waals surface area contributed by atoms with E-state index in [4.69, 9.17) is 5.26 Å². The quantitative estimate of drug-likeness (QED) is 0.823. The topological polar surface area (TPSA) is 41.6 Å². The van der Waals surface area contributed by atoms with Crippen LogP contribution >= 0.6 is 0 Å². The number of hydrogen-bond acceptors (Lipinski definition) is 2. The fourth-order valence-corrected chi connectivity index (χ4v) is 2.88. The highest BCUT2D eigenvalue weighted by atomic mass is 15.2. The molecule has 3 rings (SSSR count). The van der Waals surface area contributed by atoms with Crippen LogP contribution < -0.4 is 0 Å². The van der Waals surface area contributed by atoms with Crippen molar-refractivity contribution >= 4 is 0 Å². The van der Waals surface area contributed by atoms with Crippen LogP contribution in [0.3, 0.4) is 0 Å². The molecule has 1 aliphatic carbocycles. The van der Waals surface area contributed by atoms with Gasteiger partial charge in [0.2, 0.25) is 0 Å². The zero-order valence-corrected chi connectivity index (χ0v) is 11.2. The second-order valence-corrected chi connectivity index (χ2v) is 5.20. The Morgan fingerprint density at radius 2 is 2.05 bits per heavy atom. The zero-order chi connectivity index (χ0) is 13.2. The Morgan fingerprint density at radius 3 is 2.84 bits per heavy atom. The molecule has 3 nitrogen and oxygen atoms in total. The number of nitrogens with zero attached hydrogens (tertiary/aromatic N) is 3. The maximum absolute atomic E-state index is 8.91. The molecule has 0 radical (unpaired) electrons. The van der Waals surface area contributed by atoms with E-state index in [2.05, 4.69) is 29.4 Å². The molecule has 0 bridgehead atoms. The molecule has 0 spiro atoms. The number of benzene rings is 1.